The third-order valence-corrected chi connectivity index (χ3v) is 5.42. The average molecular weight is 358 g/mol. The van der Waals surface area contributed by atoms with Crippen LogP contribution in [0.4, 0.5) is 5.82 Å². The van der Waals surface area contributed by atoms with Gasteiger partial charge in [0.1, 0.15) is 17.7 Å². The van der Waals surface area contributed by atoms with Gasteiger partial charge in [0.2, 0.25) is 0 Å². The van der Waals surface area contributed by atoms with Crippen LogP contribution in [0.5, 0.6) is 0 Å². The highest BCUT2D eigenvalue weighted by atomic mass is 15.3. The van der Waals surface area contributed by atoms with Gasteiger partial charge in [0.25, 0.3) is 0 Å². The summed E-state index contributed by atoms with van der Waals surface area (Å²) in [4.78, 5) is 11.9. The molecule has 5 rings (SSSR count). The Hall–Kier alpha value is -3.47. The van der Waals surface area contributed by atoms with Crippen molar-refractivity contribution in [1.82, 2.24) is 29.5 Å². The number of aromatic amines is 1. The molecule has 0 radical (unpaired) electrons. The van der Waals surface area contributed by atoms with Gasteiger partial charge < -0.3 is 10.3 Å². The molecule has 4 heterocycles. The minimum atomic E-state index is 0.302. The summed E-state index contributed by atoms with van der Waals surface area (Å²) in [5.74, 6) is 2.56. The number of hydrogen-bond acceptors (Lipinski definition) is 6. The first-order chi connectivity index (χ1) is 13.2. The number of aromatic nitrogens is 6. The Morgan fingerprint density at radius 1 is 1.19 bits per heavy atom. The van der Waals surface area contributed by atoms with E-state index < -0.39 is 0 Å². The van der Waals surface area contributed by atoms with Crippen LogP contribution in [0.1, 0.15) is 37.1 Å². The molecule has 4 aromatic rings. The lowest BCUT2D eigenvalue weighted by Crippen LogP contribution is -2.16. The fraction of sp³-hybridized carbons (Fsp3) is 0.316. The fourth-order valence-electron chi connectivity index (χ4n) is 4.12. The molecule has 2 N–H and O–H groups in total. The van der Waals surface area contributed by atoms with E-state index in [0.29, 0.717) is 23.4 Å². The van der Waals surface area contributed by atoms with Crippen molar-refractivity contribution in [3.05, 3.63) is 48.2 Å². The van der Waals surface area contributed by atoms with Crippen LogP contribution in [0.15, 0.2) is 36.8 Å². The van der Waals surface area contributed by atoms with Gasteiger partial charge in [0, 0.05) is 24.4 Å². The maximum Gasteiger partial charge on any atom is 0.179 e. The molecule has 4 aromatic heterocycles. The van der Waals surface area contributed by atoms with E-state index in [2.05, 4.69) is 47.9 Å². The lowest BCUT2D eigenvalue weighted by molar-refractivity contribution is 0.507. The van der Waals surface area contributed by atoms with Gasteiger partial charge in [0.15, 0.2) is 11.3 Å². The van der Waals surface area contributed by atoms with Crippen molar-refractivity contribution >= 4 is 22.6 Å². The molecule has 3 atom stereocenters. The fourth-order valence-corrected chi connectivity index (χ4v) is 4.12. The number of hydrogen-bond donors (Lipinski definition) is 2. The van der Waals surface area contributed by atoms with Gasteiger partial charge in [-0.2, -0.15) is 5.26 Å². The van der Waals surface area contributed by atoms with Crippen LogP contribution in [0.2, 0.25) is 0 Å². The van der Waals surface area contributed by atoms with E-state index in [-0.39, 0.29) is 0 Å². The summed E-state index contributed by atoms with van der Waals surface area (Å²) in [6.07, 6.45) is 7.23. The van der Waals surface area contributed by atoms with E-state index in [4.69, 9.17) is 5.26 Å². The molecule has 1 aliphatic carbocycles. The van der Waals surface area contributed by atoms with Gasteiger partial charge in [-0.05, 0) is 37.0 Å². The van der Waals surface area contributed by atoms with E-state index in [1.807, 2.05) is 18.3 Å². The maximum absolute atomic E-state index is 8.90. The molecular weight excluding hydrogens is 340 g/mol. The summed E-state index contributed by atoms with van der Waals surface area (Å²) in [5.41, 5.74) is 3.18. The first-order valence-electron chi connectivity index (χ1n) is 9.02. The zero-order chi connectivity index (χ0) is 18.4. The van der Waals surface area contributed by atoms with Crippen molar-refractivity contribution < 1.29 is 0 Å². The molecule has 134 valence electrons. The Kier molecular flexibility index (Phi) is 3.53. The van der Waals surface area contributed by atoms with Crippen molar-refractivity contribution in [2.45, 2.75) is 31.7 Å². The van der Waals surface area contributed by atoms with Crippen LogP contribution in [-0.2, 0) is 0 Å². The third-order valence-electron chi connectivity index (χ3n) is 5.42. The zero-order valence-electron chi connectivity index (χ0n) is 14.8. The van der Waals surface area contributed by atoms with E-state index in [9.17, 15) is 0 Å². The Morgan fingerprint density at radius 2 is 2.11 bits per heavy atom. The quantitative estimate of drug-likeness (QED) is 0.583. The lowest BCUT2D eigenvalue weighted by Gasteiger charge is -2.14. The predicted molar refractivity (Wildman–Crippen MR) is 100 cm³/mol. The molecule has 0 amide bonds. The molecule has 0 spiro atoms. The van der Waals surface area contributed by atoms with Crippen molar-refractivity contribution in [3.8, 4) is 6.07 Å². The number of rotatable bonds is 3. The highest BCUT2D eigenvalue weighted by molar-refractivity contribution is 5.74. The van der Waals surface area contributed by atoms with Gasteiger partial charge >= 0.3 is 0 Å². The number of pyridine rings is 1. The van der Waals surface area contributed by atoms with Gasteiger partial charge in [-0.25, -0.2) is 9.97 Å². The van der Waals surface area contributed by atoms with Gasteiger partial charge in [-0.15, -0.1) is 10.2 Å². The zero-order valence-corrected chi connectivity index (χ0v) is 14.8. The summed E-state index contributed by atoms with van der Waals surface area (Å²) in [5, 5.41) is 21.2. The number of anilines is 1. The molecule has 0 saturated heterocycles. The third kappa shape index (κ3) is 2.59. The molecule has 0 aromatic carbocycles. The van der Waals surface area contributed by atoms with E-state index in [1.165, 1.54) is 0 Å². The number of H-pyrrole nitrogens is 1. The standard InChI is InChI=1S/C19H18N8/c1-11-6-13(24-16-3-2-12(8-20)9-22-16)7-14(11)19-26-25-17-10-23-18-15(27(17)19)4-5-21-18/h2-5,9-11,13-14,21H,6-7H2,1H3,(H,22,24)/t11-,13+,14+/m0/s1. The molecule has 0 bridgehead atoms. The molecule has 8 heteroatoms. The molecule has 1 saturated carbocycles. The topological polar surface area (TPSA) is 108 Å². The molecule has 0 unspecified atom stereocenters. The first kappa shape index (κ1) is 15.8. The van der Waals surface area contributed by atoms with Crippen molar-refractivity contribution in [3.63, 3.8) is 0 Å². The van der Waals surface area contributed by atoms with Gasteiger partial charge in [0.05, 0.1) is 17.3 Å². The number of fused-ring (bicyclic) bond motifs is 3. The monoisotopic (exact) mass is 358 g/mol. The molecular formula is C19H18N8. The van der Waals surface area contributed by atoms with Crippen molar-refractivity contribution in [1.29, 1.82) is 5.26 Å². The first-order valence-corrected chi connectivity index (χ1v) is 9.02. The van der Waals surface area contributed by atoms with Gasteiger partial charge in [-0.3, -0.25) is 4.40 Å². The highest BCUT2D eigenvalue weighted by Crippen LogP contribution is 2.40. The second kappa shape index (κ2) is 6.06. The summed E-state index contributed by atoms with van der Waals surface area (Å²) in [6.45, 7) is 2.26. The summed E-state index contributed by atoms with van der Waals surface area (Å²) in [7, 11) is 0. The van der Waals surface area contributed by atoms with E-state index >= 15 is 0 Å². The predicted octanol–water partition coefficient (Wildman–Crippen LogP) is 2.87. The number of nitrogens with one attached hydrogen (secondary N) is 2. The Morgan fingerprint density at radius 3 is 2.93 bits per heavy atom. The molecule has 27 heavy (non-hydrogen) atoms. The van der Waals surface area contributed by atoms with E-state index in [1.54, 1.807) is 18.5 Å². The Balaban J connectivity index is 1.43. The van der Waals surface area contributed by atoms with Crippen molar-refractivity contribution in [2.75, 3.05) is 5.32 Å². The summed E-state index contributed by atoms with van der Waals surface area (Å²) < 4.78 is 2.11. The SMILES string of the molecule is C[C@H]1C[C@@H](Nc2ccc(C#N)cn2)C[C@H]1c1nnc2cnc3[nH]ccc3n12. The van der Waals surface area contributed by atoms with Crippen LogP contribution in [0.25, 0.3) is 16.8 Å². The molecule has 0 aliphatic heterocycles. The minimum Gasteiger partial charge on any atom is -0.367 e. The van der Waals surface area contributed by atoms with Crippen LogP contribution in [0.3, 0.4) is 0 Å². The van der Waals surface area contributed by atoms with E-state index in [0.717, 1.165) is 41.3 Å². The van der Waals surface area contributed by atoms with Crippen LogP contribution < -0.4 is 5.32 Å². The van der Waals surface area contributed by atoms with Crippen LogP contribution >= 0.6 is 0 Å². The molecule has 1 fully saturated rings. The van der Waals surface area contributed by atoms with Crippen LogP contribution in [0, 0.1) is 17.2 Å². The number of nitriles is 1. The van der Waals surface area contributed by atoms with Gasteiger partial charge in [-0.1, -0.05) is 6.92 Å². The normalized spacial score (nSPS) is 22.3. The van der Waals surface area contributed by atoms with Crippen LogP contribution in [-0.4, -0.2) is 35.6 Å². The van der Waals surface area contributed by atoms with Crippen molar-refractivity contribution in [2.24, 2.45) is 5.92 Å². The molecule has 8 nitrogen and oxygen atoms in total. The minimum absolute atomic E-state index is 0.302. The lowest BCUT2D eigenvalue weighted by atomic mass is 9.97. The Bertz CT molecular complexity index is 1150. The largest absolute Gasteiger partial charge is 0.367 e. The second-order valence-corrected chi connectivity index (χ2v) is 7.16. The molecule has 1 aliphatic rings. The maximum atomic E-state index is 8.90. The summed E-state index contributed by atoms with van der Waals surface area (Å²) >= 11 is 0. The summed E-state index contributed by atoms with van der Waals surface area (Å²) in [6, 6.07) is 8.06. The Labute approximate surface area is 155 Å². The highest BCUT2D eigenvalue weighted by Gasteiger charge is 2.35. The second-order valence-electron chi connectivity index (χ2n) is 7.16. The average Bonchev–Trinajstić information content (AvgIpc) is 3.39. The smallest absolute Gasteiger partial charge is 0.179 e. The number of nitrogens with zero attached hydrogens (tertiary/aromatic N) is 6.